The highest BCUT2D eigenvalue weighted by Crippen LogP contribution is 2.16. The first-order valence-corrected chi connectivity index (χ1v) is 6.72. The van der Waals surface area contributed by atoms with Gasteiger partial charge in [-0.25, -0.2) is 0 Å². The van der Waals surface area contributed by atoms with E-state index in [0.717, 1.165) is 12.5 Å². The van der Waals surface area contributed by atoms with Crippen LogP contribution >= 0.6 is 0 Å². The molecule has 0 aliphatic carbocycles. The Morgan fingerprint density at radius 3 is 2.73 bits per heavy atom. The van der Waals surface area contributed by atoms with Crippen LogP contribution in [-0.2, 0) is 0 Å². The molecule has 1 rings (SSSR count). The van der Waals surface area contributed by atoms with E-state index in [1.165, 1.54) is 45.3 Å². The molecule has 1 heterocycles. The topological polar surface area (TPSA) is 15.3 Å². The minimum Gasteiger partial charge on any atom is -0.313 e. The third-order valence-corrected chi connectivity index (χ3v) is 3.57. The number of nitrogens with one attached hydrogen (secondary N) is 1. The maximum absolute atomic E-state index is 3.57. The Hall–Kier alpha value is -0.0800. The molecule has 2 heteroatoms. The third kappa shape index (κ3) is 4.98. The molecular weight excluding hydrogens is 184 g/mol. The summed E-state index contributed by atoms with van der Waals surface area (Å²) in [6.45, 7) is 11.8. The molecule has 0 amide bonds. The average Bonchev–Trinajstić information content (AvgIpc) is 2.43. The van der Waals surface area contributed by atoms with E-state index in [-0.39, 0.29) is 0 Å². The summed E-state index contributed by atoms with van der Waals surface area (Å²) in [4.78, 5) is 2.65. The maximum Gasteiger partial charge on any atom is 0.0192 e. The Balaban J connectivity index is 2.29. The zero-order chi connectivity index (χ0) is 11.1. The van der Waals surface area contributed by atoms with Crippen LogP contribution in [0.15, 0.2) is 0 Å². The zero-order valence-electron chi connectivity index (χ0n) is 10.8. The molecule has 0 spiro atoms. The first kappa shape index (κ1) is 13.0. The van der Waals surface area contributed by atoms with Gasteiger partial charge in [-0.2, -0.15) is 0 Å². The lowest BCUT2D eigenvalue weighted by molar-refractivity contribution is 0.246. The molecule has 2 unspecified atom stereocenters. The molecule has 0 saturated carbocycles. The first-order valence-electron chi connectivity index (χ1n) is 6.72. The van der Waals surface area contributed by atoms with Crippen LogP contribution in [0.5, 0.6) is 0 Å². The van der Waals surface area contributed by atoms with Crippen molar-refractivity contribution < 1.29 is 0 Å². The van der Waals surface area contributed by atoms with Gasteiger partial charge in [0.1, 0.15) is 0 Å². The second-order valence-electron chi connectivity index (χ2n) is 5.00. The van der Waals surface area contributed by atoms with Gasteiger partial charge in [0.25, 0.3) is 0 Å². The minimum absolute atomic E-state index is 0.698. The Morgan fingerprint density at radius 2 is 2.07 bits per heavy atom. The van der Waals surface area contributed by atoms with Crippen LogP contribution in [0.1, 0.15) is 46.5 Å². The van der Waals surface area contributed by atoms with Crippen LogP contribution in [-0.4, -0.2) is 37.1 Å². The summed E-state index contributed by atoms with van der Waals surface area (Å²) in [7, 11) is 0. The fourth-order valence-electron chi connectivity index (χ4n) is 2.44. The predicted molar refractivity (Wildman–Crippen MR) is 67.2 cm³/mol. The monoisotopic (exact) mass is 212 g/mol. The predicted octanol–water partition coefficient (Wildman–Crippen LogP) is 2.50. The number of nitrogens with zero attached hydrogens (tertiary/aromatic N) is 1. The molecule has 2 nitrogen and oxygen atoms in total. The standard InChI is InChI=1S/C13H28N2/c1-4-13(14-5-2)11-15-9-6-7-12(3)8-10-15/h12-14H,4-11H2,1-3H3. The SMILES string of the molecule is CCNC(CC)CN1CCCC(C)CC1. The molecule has 15 heavy (non-hydrogen) atoms. The lowest BCUT2D eigenvalue weighted by Gasteiger charge is -2.26. The van der Waals surface area contributed by atoms with E-state index < -0.39 is 0 Å². The second kappa shape index (κ2) is 7.24. The van der Waals surface area contributed by atoms with E-state index in [2.05, 4.69) is 31.0 Å². The van der Waals surface area contributed by atoms with Gasteiger partial charge in [-0.15, -0.1) is 0 Å². The Kier molecular flexibility index (Phi) is 6.26. The molecule has 1 aliphatic heterocycles. The van der Waals surface area contributed by atoms with Gasteiger partial charge in [0, 0.05) is 12.6 Å². The summed E-state index contributed by atoms with van der Waals surface area (Å²) >= 11 is 0. The zero-order valence-corrected chi connectivity index (χ0v) is 10.8. The van der Waals surface area contributed by atoms with Gasteiger partial charge in [-0.3, -0.25) is 0 Å². The van der Waals surface area contributed by atoms with Crippen LogP contribution in [0.3, 0.4) is 0 Å². The molecule has 1 aliphatic rings. The first-order chi connectivity index (χ1) is 7.26. The summed E-state index contributed by atoms with van der Waals surface area (Å²) in [5.74, 6) is 0.939. The molecule has 1 N–H and O–H groups in total. The van der Waals surface area contributed by atoms with E-state index >= 15 is 0 Å². The Morgan fingerprint density at radius 1 is 1.27 bits per heavy atom. The van der Waals surface area contributed by atoms with Crippen molar-refractivity contribution in [2.24, 2.45) is 5.92 Å². The molecule has 90 valence electrons. The third-order valence-electron chi connectivity index (χ3n) is 3.57. The molecular formula is C13H28N2. The maximum atomic E-state index is 3.57. The van der Waals surface area contributed by atoms with Crippen LogP contribution in [0.2, 0.25) is 0 Å². The fourth-order valence-corrected chi connectivity index (χ4v) is 2.44. The molecule has 0 aromatic rings. The van der Waals surface area contributed by atoms with Crippen LogP contribution in [0.25, 0.3) is 0 Å². The second-order valence-corrected chi connectivity index (χ2v) is 5.00. The van der Waals surface area contributed by atoms with Gasteiger partial charge >= 0.3 is 0 Å². The highest BCUT2D eigenvalue weighted by atomic mass is 15.1. The van der Waals surface area contributed by atoms with E-state index in [9.17, 15) is 0 Å². The normalized spacial score (nSPS) is 26.2. The Bertz CT molecular complexity index is 159. The smallest absolute Gasteiger partial charge is 0.0192 e. The minimum atomic E-state index is 0.698. The highest BCUT2D eigenvalue weighted by molar-refractivity contribution is 4.73. The van der Waals surface area contributed by atoms with Crippen molar-refractivity contribution in [1.29, 1.82) is 0 Å². The van der Waals surface area contributed by atoms with Gasteiger partial charge in [-0.05, 0) is 51.2 Å². The number of hydrogen-bond acceptors (Lipinski definition) is 2. The molecule has 1 saturated heterocycles. The van der Waals surface area contributed by atoms with Crippen molar-refractivity contribution in [3.63, 3.8) is 0 Å². The van der Waals surface area contributed by atoms with Gasteiger partial charge in [0.15, 0.2) is 0 Å². The summed E-state index contributed by atoms with van der Waals surface area (Å²) in [5, 5.41) is 3.57. The van der Waals surface area contributed by atoms with Crippen molar-refractivity contribution in [2.45, 2.75) is 52.5 Å². The molecule has 2 atom stereocenters. The van der Waals surface area contributed by atoms with Crippen molar-refractivity contribution >= 4 is 0 Å². The highest BCUT2D eigenvalue weighted by Gasteiger charge is 2.16. The molecule has 0 radical (unpaired) electrons. The van der Waals surface area contributed by atoms with Crippen LogP contribution in [0, 0.1) is 5.92 Å². The Labute approximate surface area is 95.4 Å². The molecule has 0 bridgehead atoms. The summed E-state index contributed by atoms with van der Waals surface area (Å²) in [6, 6.07) is 0.698. The summed E-state index contributed by atoms with van der Waals surface area (Å²) in [5.41, 5.74) is 0. The van der Waals surface area contributed by atoms with Gasteiger partial charge in [0.05, 0.1) is 0 Å². The summed E-state index contributed by atoms with van der Waals surface area (Å²) in [6.07, 6.45) is 5.46. The van der Waals surface area contributed by atoms with Gasteiger partial charge in [-0.1, -0.05) is 20.8 Å². The number of rotatable bonds is 5. The fraction of sp³-hybridized carbons (Fsp3) is 1.00. The largest absolute Gasteiger partial charge is 0.313 e. The van der Waals surface area contributed by atoms with Crippen molar-refractivity contribution in [3.8, 4) is 0 Å². The van der Waals surface area contributed by atoms with Crippen molar-refractivity contribution in [3.05, 3.63) is 0 Å². The number of likely N-dealkylation sites (N-methyl/N-ethyl adjacent to an activating group) is 1. The summed E-state index contributed by atoms with van der Waals surface area (Å²) < 4.78 is 0. The average molecular weight is 212 g/mol. The van der Waals surface area contributed by atoms with E-state index in [4.69, 9.17) is 0 Å². The van der Waals surface area contributed by atoms with Gasteiger partial charge < -0.3 is 10.2 Å². The number of likely N-dealkylation sites (tertiary alicyclic amines) is 1. The van der Waals surface area contributed by atoms with E-state index in [0.29, 0.717) is 6.04 Å². The van der Waals surface area contributed by atoms with E-state index in [1.807, 2.05) is 0 Å². The number of hydrogen-bond donors (Lipinski definition) is 1. The van der Waals surface area contributed by atoms with E-state index in [1.54, 1.807) is 0 Å². The molecule has 1 fully saturated rings. The lowest BCUT2D eigenvalue weighted by atomic mass is 10.0. The lowest BCUT2D eigenvalue weighted by Crippen LogP contribution is -2.41. The van der Waals surface area contributed by atoms with Crippen molar-refractivity contribution in [1.82, 2.24) is 10.2 Å². The van der Waals surface area contributed by atoms with Gasteiger partial charge in [0.2, 0.25) is 0 Å². The van der Waals surface area contributed by atoms with Crippen LogP contribution < -0.4 is 5.32 Å². The molecule has 0 aromatic heterocycles. The van der Waals surface area contributed by atoms with Crippen molar-refractivity contribution in [2.75, 3.05) is 26.2 Å². The van der Waals surface area contributed by atoms with Crippen LogP contribution in [0.4, 0.5) is 0 Å². The molecule has 0 aromatic carbocycles. The quantitative estimate of drug-likeness (QED) is 0.753.